The standard InChI is InChI=1S/C16H13F3O2/c17-16(18,19)14-3-1-2-13(10-14)11-4-6-12(7-5-11)15-20-8-9-21-15/h1-7,10,15H,8-9H2. The van der Waals surface area contributed by atoms with E-state index in [1.807, 2.05) is 12.1 Å². The van der Waals surface area contributed by atoms with Gasteiger partial charge in [-0.1, -0.05) is 36.4 Å². The second-order valence-electron chi connectivity index (χ2n) is 4.77. The largest absolute Gasteiger partial charge is 0.416 e. The molecule has 1 fully saturated rings. The van der Waals surface area contributed by atoms with Crippen LogP contribution in [-0.2, 0) is 15.7 Å². The number of rotatable bonds is 2. The number of hydrogen-bond donors (Lipinski definition) is 0. The Morgan fingerprint density at radius 1 is 0.857 bits per heavy atom. The number of halogens is 3. The highest BCUT2D eigenvalue weighted by atomic mass is 19.4. The van der Waals surface area contributed by atoms with E-state index in [-0.39, 0.29) is 6.29 Å². The van der Waals surface area contributed by atoms with Crippen LogP contribution in [0.4, 0.5) is 13.2 Å². The normalized spacial score (nSPS) is 16.3. The molecule has 2 nitrogen and oxygen atoms in total. The van der Waals surface area contributed by atoms with Gasteiger partial charge >= 0.3 is 6.18 Å². The maximum Gasteiger partial charge on any atom is 0.416 e. The summed E-state index contributed by atoms with van der Waals surface area (Å²) in [6.45, 7) is 1.11. The lowest BCUT2D eigenvalue weighted by Crippen LogP contribution is -2.04. The number of benzene rings is 2. The van der Waals surface area contributed by atoms with E-state index in [0.29, 0.717) is 18.8 Å². The van der Waals surface area contributed by atoms with Crippen LogP contribution in [0.25, 0.3) is 11.1 Å². The summed E-state index contributed by atoms with van der Waals surface area (Å²) >= 11 is 0. The zero-order valence-corrected chi connectivity index (χ0v) is 11.1. The van der Waals surface area contributed by atoms with E-state index in [2.05, 4.69) is 0 Å². The third kappa shape index (κ3) is 3.09. The fourth-order valence-electron chi connectivity index (χ4n) is 2.26. The Morgan fingerprint density at radius 2 is 1.52 bits per heavy atom. The molecule has 0 atom stereocenters. The molecule has 0 bridgehead atoms. The second-order valence-corrected chi connectivity index (χ2v) is 4.77. The van der Waals surface area contributed by atoms with Crippen LogP contribution in [0.15, 0.2) is 48.5 Å². The van der Waals surface area contributed by atoms with Crippen molar-refractivity contribution in [1.82, 2.24) is 0 Å². The van der Waals surface area contributed by atoms with Crippen molar-refractivity contribution in [3.63, 3.8) is 0 Å². The fraction of sp³-hybridized carbons (Fsp3) is 0.250. The minimum absolute atomic E-state index is 0.374. The van der Waals surface area contributed by atoms with E-state index in [4.69, 9.17) is 9.47 Å². The topological polar surface area (TPSA) is 18.5 Å². The summed E-state index contributed by atoms with van der Waals surface area (Å²) in [6, 6.07) is 12.5. The molecule has 2 aromatic carbocycles. The molecular formula is C16H13F3O2. The Bertz CT molecular complexity index is 614. The molecule has 21 heavy (non-hydrogen) atoms. The van der Waals surface area contributed by atoms with Crippen molar-refractivity contribution < 1.29 is 22.6 Å². The van der Waals surface area contributed by atoms with Crippen molar-refractivity contribution in [2.24, 2.45) is 0 Å². The summed E-state index contributed by atoms with van der Waals surface area (Å²) < 4.78 is 48.9. The van der Waals surface area contributed by atoms with Gasteiger partial charge in [0.15, 0.2) is 6.29 Å². The molecule has 110 valence electrons. The first kappa shape index (κ1) is 14.1. The van der Waals surface area contributed by atoms with Crippen molar-refractivity contribution in [3.8, 4) is 11.1 Å². The van der Waals surface area contributed by atoms with Crippen molar-refractivity contribution in [2.45, 2.75) is 12.5 Å². The van der Waals surface area contributed by atoms with Crippen molar-refractivity contribution in [2.75, 3.05) is 13.2 Å². The SMILES string of the molecule is FC(F)(F)c1cccc(-c2ccc(C3OCCO3)cc2)c1. The quantitative estimate of drug-likeness (QED) is 0.816. The zero-order valence-electron chi connectivity index (χ0n) is 11.1. The molecule has 0 aliphatic carbocycles. The zero-order chi connectivity index (χ0) is 14.9. The van der Waals surface area contributed by atoms with Gasteiger partial charge in [0.05, 0.1) is 18.8 Å². The van der Waals surface area contributed by atoms with Crippen LogP contribution in [0.3, 0.4) is 0 Å². The maximum absolute atomic E-state index is 12.7. The van der Waals surface area contributed by atoms with E-state index < -0.39 is 11.7 Å². The van der Waals surface area contributed by atoms with E-state index >= 15 is 0 Å². The van der Waals surface area contributed by atoms with E-state index in [1.54, 1.807) is 18.2 Å². The van der Waals surface area contributed by atoms with Gasteiger partial charge in [0, 0.05) is 5.56 Å². The van der Waals surface area contributed by atoms with E-state index in [9.17, 15) is 13.2 Å². The molecule has 1 aliphatic heterocycles. The number of hydrogen-bond acceptors (Lipinski definition) is 2. The molecule has 3 rings (SSSR count). The average molecular weight is 294 g/mol. The highest BCUT2D eigenvalue weighted by Crippen LogP contribution is 2.32. The van der Waals surface area contributed by atoms with Crippen LogP contribution in [0, 0.1) is 0 Å². The molecule has 1 heterocycles. The average Bonchev–Trinajstić information content (AvgIpc) is 3.01. The van der Waals surface area contributed by atoms with Gasteiger partial charge in [-0.3, -0.25) is 0 Å². The third-order valence-electron chi connectivity index (χ3n) is 3.33. The molecule has 5 heteroatoms. The predicted molar refractivity (Wildman–Crippen MR) is 71.5 cm³/mol. The van der Waals surface area contributed by atoms with Gasteiger partial charge in [-0.05, 0) is 23.3 Å². The molecule has 0 N–H and O–H groups in total. The van der Waals surface area contributed by atoms with Crippen LogP contribution >= 0.6 is 0 Å². The molecule has 0 radical (unpaired) electrons. The Balaban J connectivity index is 1.87. The summed E-state index contributed by atoms with van der Waals surface area (Å²) in [4.78, 5) is 0. The summed E-state index contributed by atoms with van der Waals surface area (Å²) in [5.41, 5.74) is 1.47. The van der Waals surface area contributed by atoms with E-state index in [0.717, 1.165) is 23.3 Å². The van der Waals surface area contributed by atoms with Crippen LogP contribution < -0.4 is 0 Å². The Morgan fingerprint density at radius 3 is 2.14 bits per heavy atom. The first-order valence-electron chi connectivity index (χ1n) is 6.55. The van der Waals surface area contributed by atoms with Gasteiger partial charge in [0.1, 0.15) is 0 Å². The Hall–Kier alpha value is -1.85. The lowest BCUT2D eigenvalue weighted by molar-refractivity contribution is -0.137. The van der Waals surface area contributed by atoms with E-state index in [1.165, 1.54) is 6.07 Å². The molecule has 0 amide bonds. The summed E-state index contributed by atoms with van der Waals surface area (Å²) in [5.74, 6) is 0. The van der Waals surface area contributed by atoms with Gasteiger partial charge in [0.2, 0.25) is 0 Å². The molecule has 0 aromatic heterocycles. The maximum atomic E-state index is 12.7. The van der Waals surface area contributed by atoms with Crippen LogP contribution in [0.2, 0.25) is 0 Å². The summed E-state index contributed by atoms with van der Waals surface area (Å²) in [5, 5.41) is 0. The third-order valence-corrected chi connectivity index (χ3v) is 3.33. The molecule has 1 saturated heterocycles. The smallest absolute Gasteiger partial charge is 0.346 e. The molecule has 2 aromatic rings. The minimum Gasteiger partial charge on any atom is -0.346 e. The summed E-state index contributed by atoms with van der Waals surface area (Å²) in [6.07, 6.45) is -4.71. The van der Waals surface area contributed by atoms with Gasteiger partial charge < -0.3 is 9.47 Å². The number of alkyl halides is 3. The monoisotopic (exact) mass is 294 g/mol. The minimum atomic E-state index is -4.33. The highest BCUT2D eigenvalue weighted by molar-refractivity contribution is 5.64. The van der Waals surface area contributed by atoms with Crippen molar-refractivity contribution >= 4 is 0 Å². The van der Waals surface area contributed by atoms with Gasteiger partial charge in [-0.25, -0.2) is 0 Å². The van der Waals surface area contributed by atoms with Gasteiger partial charge in [-0.2, -0.15) is 13.2 Å². The number of ether oxygens (including phenoxy) is 2. The lowest BCUT2D eigenvalue weighted by atomic mass is 10.0. The Labute approximate surface area is 120 Å². The molecule has 0 spiro atoms. The van der Waals surface area contributed by atoms with Crippen LogP contribution in [0.5, 0.6) is 0 Å². The predicted octanol–water partition coefficient (Wildman–Crippen LogP) is 4.42. The molecule has 0 saturated carbocycles. The van der Waals surface area contributed by atoms with Crippen molar-refractivity contribution in [1.29, 1.82) is 0 Å². The highest BCUT2D eigenvalue weighted by Gasteiger charge is 2.30. The Kier molecular flexibility index (Phi) is 3.69. The summed E-state index contributed by atoms with van der Waals surface area (Å²) in [7, 11) is 0. The van der Waals surface area contributed by atoms with Crippen molar-refractivity contribution in [3.05, 3.63) is 59.7 Å². The second kappa shape index (κ2) is 5.50. The van der Waals surface area contributed by atoms with Gasteiger partial charge in [0.25, 0.3) is 0 Å². The first-order chi connectivity index (χ1) is 10.0. The molecular weight excluding hydrogens is 281 g/mol. The van der Waals surface area contributed by atoms with Crippen LogP contribution in [-0.4, -0.2) is 13.2 Å². The van der Waals surface area contributed by atoms with Crippen LogP contribution in [0.1, 0.15) is 17.4 Å². The van der Waals surface area contributed by atoms with Gasteiger partial charge in [-0.15, -0.1) is 0 Å². The molecule has 0 unspecified atom stereocenters. The fourth-order valence-corrected chi connectivity index (χ4v) is 2.26. The molecule has 1 aliphatic rings. The first-order valence-corrected chi connectivity index (χ1v) is 6.55. The lowest BCUT2D eigenvalue weighted by Gasteiger charge is -2.11.